The molecule has 0 saturated carbocycles. The van der Waals surface area contributed by atoms with Gasteiger partial charge in [0.25, 0.3) is 5.91 Å². The Morgan fingerprint density at radius 1 is 0.871 bits per heavy atom. The van der Waals surface area contributed by atoms with Crippen LogP contribution in [-0.2, 0) is 11.3 Å². The molecule has 0 atom stereocenters. The van der Waals surface area contributed by atoms with Crippen molar-refractivity contribution in [2.45, 2.75) is 64.8 Å². The van der Waals surface area contributed by atoms with E-state index in [1.54, 1.807) is 6.07 Å². The highest BCUT2D eigenvalue weighted by Gasteiger charge is 2.15. The van der Waals surface area contributed by atoms with Gasteiger partial charge in [0.1, 0.15) is 0 Å². The minimum absolute atomic E-state index is 0.00167. The monoisotopic (exact) mass is 423 g/mol. The zero-order chi connectivity index (χ0) is 22.5. The number of rotatable bonds is 13. The molecule has 5 heteroatoms. The molecule has 0 radical (unpaired) electrons. The zero-order valence-corrected chi connectivity index (χ0v) is 19.2. The van der Waals surface area contributed by atoms with Crippen molar-refractivity contribution >= 4 is 23.2 Å². The summed E-state index contributed by atoms with van der Waals surface area (Å²) in [5.74, 6) is -0.155. The Morgan fingerprint density at radius 3 is 2.23 bits per heavy atom. The smallest absolute Gasteiger partial charge is 0.253 e. The number of carbonyl (C=O) groups is 2. The molecule has 2 rings (SSSR count). The SMILES string of the molecule is CCCCCCCCCC(=O)Nc1ccc(N(C)C)c(C(=O)NCc2ccccc2)c1. The van der Waals surface area contributed by atoms with Crippen molar-refractivity contribution in [2.75, 3.05) is 24.3 Å². The Hall–Kier alpha value is -2.82. The molecule has 0 aliphatic carbocycles. The summed E-state index contributed by atoms with van der Waals surface area (Å²) >= 11 is 0. The van der Waals surface area contributed by atoms with Gasteiger partial charge in [-0.05, 0) is 30.2 Å². The summed E-state index contributed by atoms with van der Waals surface area (Å²) in [6.45, 7) is 2.68. The van der Waals surface area contributed by atoms with Crippen LogP contribution in [0.5, 0.6) is 0 Å². The maximum atomic E-state index is 12.8. The van der Waals surface area contributed by atoms with Gasteiger partial charge in [0.2, 0.25) is 5.91 Å². The molecule has 0 aliphatic rings. The first kappa shape index (κ1) is 24.4. The number of hydrogen-bond donors (Lipinski definition) is 2. The normalized spacial score (nSPS) is 10.5. The number of hydrogen-bond acceptors (Lipinski definition) is 3. The van der Waals surface area contributed by atoms with Crippen LogP contribution < -0.4 is 15.5 Å². The zero-order valence-electron chi connectivity index (χ0n) is 19.2. The van der Waals surface area contributed by atoms with Crippen LogP contribution in [0.1, 0.15) is 74.2 Å². The first-order chi connectivity index (χ1) is 15.0. The number of nitrogens with zero attached hydrogens (tertiary/aromatic N) is 1. The fourth-order valence-electron chi connectivity index (χ4n) is 3.53. The van der Waals surface area contributed by atoms with E-state index < -0.39 is 0 Å². The predicted octanol–water partition coefficient (Wildman–Crippen LogP) is 5.76. The molecule has 5 nitrogen and oxygen atoms in total. The fraction of sp³-hybridized carbons (Fsp3) is 0.462. The Kier molecular flexibility index (Phi) is 10.6. The van der Waals surface area contributed by atoms with Gasteiger partial charge in [-0.15, -0.1) is 0 Å². The van der Waals surface area contributed by atoms with E-state index in [4.69, 9.17) is 0 Å². The third-order valence-electron chi connectivity index (χ3n) is 5.31. The Bertz CT molecular complexity index is 819. The van der Waals surface area contributed by atoms with Crippen molar-refractivity contribution in [1.82, 2.24) is 5.32 Å². The van der Waals surface area contributed by atoms with Crippen LogP contribution in [0, 0.1) is 0 Å². The van der Waals surface area contributed by atoms with Crippen LogP contribution in [-0.4, -0.2) is 25.9 Å². The molecule has 2 aromatic carbocycles. The second kappa shape index (κ2) is 13.5. The molecule has 0 bridgehead atoms. The predicted molar refractivity (Wildman–Crippen MR) is 130 cm³/mol. The van der Waals surface area contributed by atoms with E-state index in [-0.39, 0.29) is 11.8 Å². The van der Waals surface area contributed by atoms with Gasteiger partial charge in [-0.1, -0.05) is 75.8 Å². The van der Waals surface area contributed by atoms with Crippen molar-refractivity contribution in [3.8, 4) is 0 Å². The average molecular weight is 424 g/mol. The lowest BCUT2D eigenvalue weighted by atomic mass is 10.1. The van der Waals surface area contributed by atoms with Crippen LogP contribution >= 0.6 is 0 Å². The summed E-state index contributed by atoms with van der Waals surface area (Å²) in [5, 5.41) is 5.93. The molecule has 168 valence electrons. The number of unbranched alkanes of at least 4 members (excludes halogenated alkanes) is 6. The number of carbonyl (C=O) groups excluding carboxylic acids is 2. The lowest BCUT2D eigenvalue weighted by Gasteiger charge is -2.18. The summed E-state index contributed by atoms with van der Waals surface area (Å²) in [6, 6.07) is 15.3. The van der Waals surface area contributed by atoms with Gasteiger partial charge in [0.05, 0.1) is 5.56 Å². The minimum atomic E-state index is -0.157. The molecular formula is C26H37N3O2. The van der Waals surface area contributed by atoms with Crippen molar-refractivity contribution in [1.29, 1.82) is 0 Å². The highest BCUT2D eigenvalue weighted by molar-refractivity contribution is 6.02. The van der Waals surface area contributed by atoms with Crippen LogP contribution in [0.4, 0.5) is 11.4 Å². The summed E-state index contributed by atoms with van der Waals surface area (Å²) in [5.41, 5.74) is 3.06. The van der Waals surface area contributed by atoms with Crippen molar-refractivity contribution < 1.29 is 9.59 Å². The van der Waals surface area contributed by atoms with Crippen LogP contribution in [0.2, 0.25) is 0 Å². The molecule has 0 heterocycles. The van der Waals surface area contributed by atoms with E-state index in [0.717, 1.165) is 24.1 Å². The number of nitrogens with one attached hydrogen (secondary N) is 2. The van der Waals surface area contributed by atoms with Crippen molar-refractivity contribution in [2.24, 2.45) is 0 Å². The fourth-order valence-corrected chi connectivity index (χ4v) is 3.53. The average Bonchev–Trinajstić information content (AvgIpc) is 2.77. The molecule has 0 fully saturated rings. The highest BCUT2D eigenvalue weighted by atomic mass is 16.2. The van der Waals surface area contributed by atoms with E-state index in [2.05, 4.69) is 17.6 Å². The van der Waals surface area contributed by atoms with Gasteiger partial charge < -0.3 is 15.5 Å². The van der Waals surface area contributed by atoms with Crippen molar-refractivity contribution in [3.63, 3.8) is 0 Å². The van der Waals surface area contributed by atoms with E-state index in [0.29, 0.717) is 24.2 Å². The molecule has 2 aromatic rings. The number of benzene rings is 2. The largest absolute Gasteiger partial charge is 0.377 e. The maximum Gasteiger partial charge on any atom is 0.253 e. The molecule has 0 spiro atoms. The van der Waals surface area contributed by atoms with E-state index in [1.165, 1.54) is 32.1 Å². The highest BCUT2D eigenvalue weighted by Crippen LogP contribution is 2.23. The number of anilines is 2. The Morgan fingerprint density at radius 2 is 1.55 bits per heavy atom. The summed E-state index contributed by atoms with van der Waals surface area (Å²) in [4.78, 5) is 27.1. The first-order valence-corrected chi connectivity index (χ1v) is 11.4. The molecule has 0 aliphatic heterocycles. The van der Waals surface area contributed by atoms with Gasteiger partial charge in [0.15, 0.2) is 0 Å². The molecule has 0 saturated heterocycles. The molecule has 2 amide bonds. The van der Waals surface area contributed by atoms with E-state index >= 15 is 0 Å². The van der Waals surface area contributed by atoms with Crippen LogP contribution in [0.15, 0.2) is 48.5 Å². The molecular weight excluding hydrogens is 386 g/mol. The third-order valence-corrected chi connectivity index (χ3v) is 5.31. The maximum absolute atomic E-state index is 12.8. The van der Waals surface area contributed by atoms with Gasteiger partial charge in [0, 0.05) is 38.4 Å². The minimum Gasteiger partial charge on any atom is -0.377 e. The Labute approximate surface area is 187 Å². The van der Waals surface area contributed by atoms with Crippen molar-refractivity contribution in [3.05, 3.63) is 59.7 Å². The lowest BCUT2D eigenvalue weighted by Crippen LogP contribution is -2.25. The molecule has 0 aromatic heterocycles. The summed E-state index contributed by atoms with van der Waals surface area (Å²) in [7, 11) is 3.81. The molecule has 2 N–H and O–H groups in total. The second-order valence-corrected chi connectivity index (χ2v) is 8.21. The lowest BCUT2D eigenvalue weighted by molar-refractivity contribution is -0.116. The first-order valence-electron chi connectivity index (χ1n) is 11.4. The summed E-state index contributed by atoms with van der Waals surface area (Å²) in [6.07, 6.45) is 8.78. The standard InChI is InChI=1S/C26H37N3O2/c1-4-5-6-7-8-9-13-16-25(30)28-22-17-18-24(29(2)3)23(19-22)26(31)27-20-21-14-11-10-12-15-21/h10-12,14-15,17-19H,4-9,13,16,20H2,1-3H3,(H,27,31)(H,28,30). The van der Waals surface area contributed by atoms with E-state index in [1.807, 2.05) is 61.5 Å². The van der Waals surface area contributed by atoms with Gasteiger partial charge >= 0.3 is 0 Å². The number of amides is 2. The topological polar surface area (TPSA) is 61.4 Å². The molecule has 0 unspecified atom stereocenters. The quantitative estimate of drug-likeness (QED) is 0.403. The van der Waals surface area contributed by atoms with Gasteiger partial charge in [-0.25, -0.2) is 0 Å². The van der Waals surface area contributed by atoms with E-state index in [9.17, 15) is 9.59 Å². The van der Waals surface area contributed by atoms with Crippen LogP contribution in [0.3, 0.4) is 0 Å². The Balaban J connectivity index is 1.91. The second-order valence-electron chi connectivity index (χ2n) is 8.21. The summed E-state index contributed by atoms with van der Waals surface area (Å²) < 4.78 is 0. The third kappa shape index (κ3) is 8.83. The van der Waals surface area contributed by atoms with Crippen LogP contribution in [0.25, 0.3) is 0 Å². The van der Waals surface area contributed by atoms with Gasteiger partial charge in [-0.2, -0.15) is 0 Å². The molecule has 31 heavy (non-hydrogen) atoms. The van der Waals surface area contributed by atoms with Gasteiger partial charge in [-0.3, -0.25) is 9.59 Å².